The Morgan fingerprint density at radius 3 is 1.67 bits per heavy atom. The third-order valence-electron chi connectivity index (χ3n) is 16.4. The summed E-state index contributed by atoms with van der Waals surface area (Å²) in [6.07, 6.45) is 1.20. The normalized spacial score (nSPS) is 23.2. The van der Waals surface area contributed by atoms with Crippen molar-refractivity contribution < 1.29 is 92.0 Å². The number of hydrogen-bond donors (Lipinski definition) is 22. The number of fused-ring (bicyclic) bond motifs is 1. The Bertz CT molecular complexity index is 3750. The van der Waals surface area contributed by atoms with Crippen molar-refractivity contribution in [3.05, 3.63) is 72.5 Å². The van der Waals surface area contributed by atoms with Crippen LogP contribution in [-0.2, 0) is 96.0 Å². The van der Waals surface area contributed by atoms with Gasteiger partial charge in [-0.3, -0.25) is 76.7 Å². The minimum atomic E-state index is -2.05. The van der Waals surface area contributed by atoms with E-state index in [-0.39, 0.29) is 50.0 Å². The molecule has 1 aliphatic heterocycles. The number of carbonyl (C=O) groups is 16. The third-order valence-corrected chi connectivity index (χ3v) is 18.9. The summed E-state index contributed by atoms with van der Waals surface area (Å²) in [5, 5.41) is 60.2. The number of aromatic amines is 3. The molecule has 14 amide bonds. The molecule has 26 N–H and O–H groups in total. The molecule has 5 rings (SSSR count). The number of amides is 14. The summed E-state index contributed by atoms with van der Waals surface area (Å²) in [4.78, 5) is 238. The van der Waals surface area contributed by atoms with Gasteiger partial charge in [-0.2, -0.15) is 0 Å². The Labute approximate surface area is 614 Å². The van der Waals surface area contributed by atoms with Crippen molar-refractivity contribution in [3.8, 4) is 0 Å². The Kier molecular flexibility index (Phi) is 34.3. The number of carboxylic acid groups (broad SMARTS) is 2. The maximum atomic E-state index is 14.8. The number of aliphatic carboxylic acids is 2. The molecule has 1 aliphatic rings. The number of benzene rings is 1. The number of primary amides is 2. The first-order valence-electron chi connectivity index (χ1n) is 33.7. The van der Waals surface area contributed by atoms with Crippen molar-refractivity contribution >= 4 is 127 Å². The highest BCUT2D eigenvalue weighted by molar-refractivity contribution is 8.76. The summed E-state index contributed by atoms with van der Waals surface area (Å²) in [5.41, 5.74) is 24.3. The van der Waals surface area contributed by atoms with Crippen molar-refractivity contribution in [2.45, 2.75) is 177 Å². The summed E-state index contributed by atoms with van der Waals surface area (Å²) >= 11 is 0. The number of H-pyrrole nitrogens is 3. The molecule has 4 heterocycles. The topological polar surface area (TPSA) is 655 Å². The summed E-state index contributed by atoms with van der Waals surface area (Å²) in [6, 6.07) is -13.6. The van der Waals surface area contributed by atoms with Gasteiger partial charge in [0.1, 0.15) is 66.5 Å². The van der Waals surface area contributed by atoms with Crippen LogP contribution in [0.1, 0.15) is 96.5 Å². The van der Waals surface area contributed by atoms with Gasteiger partial charge in [0.25, 0.3) is 0 Å². The van der Waals surface area contributed by atoms with Crippen LogP contribution in [-0.4, -0.2) is 238 Å². The SMILES string of the molecule is CC(C)[C@@H]1NC(=O)[C@@H](NC(=O)[C@@H](N)CC(=O)O)CSSC[C@@H](C(=O)N[C@H](C(N)=O)[C@@H](C)O)NC(=O)[C@H](CCCCN)NC(=O)[C@H](Cc2cnc[nH]2)NC(=O)[C@H](Cc2cnc[nH]2)NC(=O)CNC(=O)[C@H](Cc2c[nH]c3ccccc23)NC(=O)[C@H](CC(=O)O)NC(=O)[C@H](CCC(N)=O)NC(=O)[C@H](C(C)C)NC1=O. The van der Waals surface area contributed by atoms with Gasteiger partial charge in [0, 0.05) is 78.1 Å². The van der Waals surface area contributed by atoms with Gasteiger partial charge in [0.15, 0.2) is 0 Å². The Morgan fingerprint density at radius 2 is 1.11 bits per heavy atom. The number of unbranched alkanes of at least 4 members (excludes halogenated alkanes) is 1. The molecule has 13 atom stereocenters. The molecular formula is C64H93N21O19S2. The van der Waals surface area contributed by atoms with Crippen LogP contribution in [0.3, 0.4) is 0 Å². The molecule has 0 bridgehead atoms. The zero-order valence-electron chi connectivity index (χ0n) is 58.6. The molecule has 1 fully saturated rings. The molecule has 0 radical (unpaired) electrons. The number of imidazole rings is 2. The van der Waals surface area contributed by atoms with E-state index in [2.05, 4.69) is 88.7 Å². The predicted molar refractivity (Wildman–Crippen MR) is 380 cm³/mol. The van der Waals surface area contributed by atoms with E-state index in [4.69, 9.17) is 22.9 Å². The second-order valence-corrected chi connectivity index (χ2v) is 28.2. The van der Waals surface area contributed by atoms with E-state index in [0.29, 0.717) is 22.9 Å². The van der Waals surface area contributed by atoms with E-state index < -0.39 is 229 Å². The fraction of sp³-hybridized carbons (Fsp3) is 0.531. The lowest BCUT2D eigenvalue weighted by molar-refractivity contribution is -0.141. The monoisotopic (exact) mass is 1520 g/mol. The predicted octanol–water partition coefficient (Wildman–Crippen LogP) is -6.66. The highest BCUT2D eigenvalue weighted by Gasteiger charge is 2.39. The zero-order chi connectivity index (χ0) is 78.5. The van der Waals surface area contributed by atoms with E-state index in [0.717, 1.165) is 28.5 Å². The lowest BCUT2D eigenvalue weighted by Gasteiger charge is -2.30. The third kappa shape index (κ3) is 27.7. The zero-order valence-corrected chi connectivity index (χ0v) is 60.3. The molecule has 580 valence electrons. The van der Waals surface area contributed by atoms with Gasteiger partial charge >= 0.3 is 11.9 Å². The van der Waals surface area contributed by atoms with Gasteiger partial charge in [-0.25, -0.2) is 9.97 Å². The van der Waals surface area contributed by atoms with E-state index in [9.17, 15) is 92.0 Å². The van der Waals surface area contributed by atoms with Crippen molar-refractivity contribution in [1.29, 1.82) is 0 Å². The first-order chi connectivity index (χ1) is 50.1. The van der Waals surface area contributed by atoms with E-state index in [1.54, 1.807) is 24.3 Å². The summed E-state index contributed by atoms with van der Waals surface area (Å²) in [6.45, 7) is 6.29. The summed E-state index contributed by atoms with van der Waals surface area (Å²) in [7, 11) is 1.54. The highest BCUT2D eigenvalue weighted by atomic mass is 33.1. The summed E-state index contributed by atoms with van der Waals surface area (Å²) < 4.78 is 0. The smallest absolute Gasteiger partial charge is 0.305 e. The van der Waals surface area contributed by atoms with E-state index >= 15 is 0 Å². The lowest BCUT2D eigenvalue weighted by Crippen LogP contribution is -2.62. The van der Waals surface area contributed by atoms with Crippen LogP contribution in [0.5, 0.6) is 0 Å². The van der Waals surface area contributed by atoms with Crippen molar-refractivity contribution in [1.82, 2.24) is 88.7 Å². The number of hydrogen-bond acceptors (Lipinski definition) is 23. The molecule has 40 nitrogen and oxygen atoms in total. The number of carboxylic acids is 2. The second-order valence-electron chi connectivity index (χ2n) is 25.6. The number of nitrogens with one attached hydrogen (secondary N) is 15. The second kappa shape index (κ2) is 42.3. The van der Waals surface area contributed by atoms with Crippen LogP contribution in [0.4, 0.5) is 0 Å². The number of aliphatic hydroxyl groups excluding tert-OH is 1. The van der Waals surface area contributed by atoms with Crippen LogP contribution in [0.2, 0.25) is 0 Å². The number of para-hydroxylation sites is 1. The first kappa shape index (κ1) is 85.9. The Balaban J connectivity index is 1.64. The number of rotatable bonds is 25. The maximum Gasteiger partial charge on any atom is 0.305 e. The molecule has 0 unspecified atom stereocenters. The number of carbonyl (C=O) groups excluding carboxylic acids is 14. The number of nitrogens with two attached hydrogens (primary N) is 4. The molecule has 3 aromatic heterocycles. The maximum absolute atomic E-state index is 14.8. The molecule has 106 heavy (non-hydrogen) atoms. The molecular weight excluding hydrogens is 1430 g/mol. The summed E-state index contributed by atoms with van der Waals surface area (Å²) in [5.74, 6) is -21.1. The average Bonchev–Trinajstić information content (AvgIpc) is 1.60. The number of nitrogens with zero attached hydrogens (tertiary/aromatic N) is 2. The van der Waals surface area contributed by atoms with Crippen LogP contribution < -0.4 is 86.7 Å². The molecule has 1 aromatic carbocycles. The Morgan fingerprint density at radius 1 is 0.594 bits per heavy atom. The van der Waals surface area contributed by atoms with Crippen LogP contribution in [0, 0.1) is 11.8 Å². The average molecular weight is 1520 g/mol. The van der Waals surface area contributed by atoms with Crippen LogP contribution in [0.15, 0.2) is 55.5 Å². The van der Waals surface area contributed by atoms with Crippen LogP contribution >= 0.6 is 21.6 Å². The van der Waals surface area contributed by atoms with Gasteiger partial charge in [0.2, 0.25) is 82.7 Å². The molecule has 0 saturated carbocycles. The molecule has 1 saturated heterocycles. The van der Waals surface area contributed by atoms with Crippen molar-refractivity contribution in [3.63, 3.8) is 0 Å². The number of aliphatic hydroxyl groups is 1. The molecule has 42 heteroatoms. The van der Waals surface area contributed by atoms with Crippen molar-refractivity contribution in [2.24, 2.45) is 34.8 Å². The largest absolute Gasteiger partial charge is 0.481 e. The Hall–Kier alpha value is -10.7. The van der Waals surface area contributed by atoms with E-state index in [1.807, 2.05) is 0 Å². The molecule has 0 spiro atoms. The minimum Gasteiger partial charge on any atom is -0.481 e. The van der Waals surface area contributed by atoms with Gasteiger partial charge in [0.05, 0.1) is 44.2 Å². The quantitative estimate of drug-likeness (QED) is 0.0217. The fourth-order valence-electron chi connectivity index (χ4n) is 10.6. The minimum absolute atomic E-state index is 0.120. The first-order valence-corrected chi connectivity index (χ1v) is 36.1. The van der Waals surface area contributed by atoms with Crippen LogP contribution in [0.25, 0.3) is 10.9 Å². The van der Waals surface area contributed by atoms with E-state index in [1.165, 1.54) is 58.9 Å². The van der Waals surface area contributed by atoms with Crippen molar-refractivity contribution in [2.75, 3.05) is 24.6 Å². The van der Waals surface area contributed by atoms with Gasteiger partial charge in [-0.15, -0.1) is 0 Å². The number of aromatic nitrogens is 5. The highest BCUT2D eigenvalue weighted by Crippen LogP contribution is 2.25. The van der Waals surface area contributed by atoms with Gasteiger partial charge in [-0.05, 0) is 62.6 Å². The fourth-order valence-corrected chi connectivity index (χ4v) is 13.0. The standard InChI is InChI=1S/C64H93N21O19S2/c1-29(2)50-63(103)77-39(13-14-46(67)87)57(97)80-43(20-49(91)92)60(100)78-40(16-32-21-71-37-11-7-6-10-35(32)37)55(95)72-24-47(88)75-41(17-33-22-69-27-73-33)58(98)79-42(18-34-23-70-28-74-34)59(99)76-38(12-8-9-15-65)56(96)82-45(62(102)85-52(31(5)86)53(68)93)26-106-105-25-44(81-54(94)36(66)19-48(89)90)61(101)83-51(30(3)4)64(104)84-50/h6-7,10-11,21-23,27-31,36,38-45,50-52,71,86H,8-9,12-20,24-26,65-66H2,1-5H3,(H2,67,87)(H2,68,93)(H,69,73)(H,70,74)(H,72,95)(H,75,88)(H,76,99)(H,77,103)(H,78,100)(H,79,98)(H,80,97)(H,81,94)(H,82,96)(H,83,101)(H,84,104)(H,85,102)(H,89,90)(H,91,92)/t31-,36+,38+,39+,40+,41+,42+,43+,44+,45+,50+,51+,52+/m1/s1. The van der Waals surface area contributed by atoms with Gasteiger partial charge in [-0.1, -0.05) is 67.5 Å². The molecule has 0 aliphatic carbocycles. The lowest BCUT2D eigenvalue weighted by atomic mass is 9.98. The molecule has 4 aromatic rings. The van der Waals surface area contributed by atoms with Gasteiger partial charge < -0.3 is 117 Å².